The lowest BCUT2D eigenvalue weighted by atomic mass is 9.98. The first-order valence-electron chi connectivity index (χ1n) is 12.8. The molecule has 3 aromatic carbocycles. The van der Waals surface area contributed by atoms with E-state index in [0.29, 0.717) is 0 Å². The van der Waals surface area contributed by atoms with E-state index in [0.717, 1.165) is 16.7 Å². The van der Waals surface area contributed by atoms with E-state index in [1.165, 1.54) is 13.3 Å². The minimum Gasteiger partial charge on any atom is -0.472 e. The molecule has 2 amide bonds. The lowest BCUT2D eigenvalue weighted by molar-refractivity contribution is -0.144. The molecule has 9 nitrogen and oxygen atoms in total. The highest BCUT2D eigenvalue weighted by Crippen LogP contribution is 2.24. The van der Waals surface area contributed by atoms with Gasteiger partial charge in [0.15, 0.2) is 0 Å². The van der Waals surface area contributed by atoms with Crippen LogP contribution in [-0.2, 0) is 16.1 Å². The van der Waals surface area contributed by atoms with Crippen molar-refractivity contribution in [2.45, 2.75) is 19.6 Å². The van der Waals surface area contributed by atoms with Crippen LogP contribution in [0.3, 0.4) is 0 Å². The number of carbonyl (C=O) groups is 3. The molecule has 0 spiro atoms. The molecule has 4 aromatic rings. The largest absolute Gasteiger partial charge is 0.472 e. The molecule has 40 heavy (non-hydrogen) atoms. The molecule has 0 aliphatic carbocycles. The Labute approximate surface area is 232 Å². The van der Waals surface area contributed by atoms with Crippen LogP contribution in [0.2, 0.25) is 0 Å². The van der Waals surface area contributed by atoms with Gasteiger partial charge in [0.1, 0.15) is 12.2 Å². The second-order valence-corrected chi connectivity index (χ2v) is 9.05. The summed E-state index contributed by atoms with van der Waals surface area (Å²) in [7, 11) is 1.28. The third-order valence-electron chi connectivity index (χ3n) is 6.13. The molecule has 0 radical (unpaired) electrons. The Kier molecular flexibility index (Phi) is 9.55. The second kappa shape index (κ2) is 13.7. The van der Waals surface area contributed by atoms with Crippen molar-refractivity contribution < 1.29 is 23.9 Å². The SMILES string of the molecule is COC(=O)C(C)CNC(=O)c1ncc(C(=O)NC(c2ccccc2)c2ccccc2)c(OCc2ccccc2)n1. The maximum Gasteiger partial charge on any atom is 0.310 e. The van der Waals surface area contributed by atoms with Crippen LogP contribution in [0, 0.1) is 5.92 Å². The molecule has 2 N–H and O–H groups in total. The van der Waals surface area contributed by atoms with Crippen LogP contribution < -0.4 is 15.4 Å². The summed E-state index contributed by atoms with van der Waals surface area (Å²) in [5.41, 5.74) is 2.72. The predicted molar refractivity (Wildman–Crippen MR) is 149 cm³/mol. The number of esters is 1. The molecule has 0 saturated heterocycles. The topological polar surface area (TPSA) is 120 Å². The minimum absolute atomic E-state index is 0.0349. The maximum absolute atomic E-state index is 13.6. The van der Waals surface area contributed by atoms with E-state index in [1.54, 1.807) is 6.92 Å². The summed E-state index contributed by atoms with van der Waals surface area (Å²) in [6, 6.07) is 28.1. The molecular weight excluding hydrogens is 508 g/mol. The van der Waals surface area contributed by atoms with Crippen LogP contribution in [0.5, 0.6) is 5.88 Å². The molecular formula is C31H30N4O5. The number of nitrogens with one attached hydrogen (secondary N) is 2. The fourth-order valence-corrected chi connectivity index (χ4v) is 3.94. The first kappa shape index (κ1) is 28.0. The van der Waals surface area contributed by atoms with Gasteiger partial charge >= 0.3 is 5.97 Å². The van der Waals surface area contributed by atoms with Crippen molar-refractivity contribution in [2.75, 3.05) is 13.7 Å². The number of ether oxygens (including phenoxy) is 2. The molecule has 1 aromatic heterocycles. The number of benzene rings is 3. The highest BCUT2D eigenvalue weighted by molar-refractivity contribution is 5.97. The number of methoxy groups -OCH3 is 1. The monoisotopic (exact) mass is 538 g/mol. The number of carbonyl (C=O) groups excluding carboxylic acids is 3. The zero-order valence-electron chi connectivity index (χ0n) is 22.2. The van der Waals surface area contributed by atoms with Crippen molar-refractivity contribution in [1.29, 1.82) is 0 Å². The lowest BCUT2D eigenvalue weighted by Crippen LogP contribution is -2.33. The highest BCUT2D eigenvalue weighted by atomic mass is 16.5. The van der Waals surface area contributed by atoms with Crippen molar-refractivity contribution in [3.8, 4) is 5.88 Å². The molecule has 1 atom stereocenters. The first-order chi connectivity index (χ1) is 19.5. The van der Waals surface area contributed by atoms with Gasteiger partial charge in [0.2, 0.25) is 11.7 Å². The molecule has 4 rings (SSSR count). The lowest BCUT2D eigenvalue weighted by Gasteiger charge is -2.20. The zero-order valence-corrected chi connectivity index (χ0v) is 22.2. The summed E-state index contributed by atoms with van der Waals surface area (Å²) in [6.07, 6.45) is 1.27. The van der Waals surface area contributed by atoms with Gasteiger partial charge in [-0.15, -0.1) is 0 Å². The number of hydrogen-bond donors (Lipinski definition) is 2. The maximum atomic E-state index is 13.6. The number of rotatable bonds is 11. The van der Waals surface area contributed by atoms with Crippen molar-refractivity contribution in [3.63, 3.8) is 0 Å². The average Bonchev–Trinajstić information content (AvgIpc) is 3.01. The van der Waals surface area contributed by atoms with Gasteiger partial charge in [0.25, 0.3) is 11.8 Å². The van der Waals surface area contributed by atoms with Gasteiger partial charge in [-0.05, 0) is 16.7 Å². The van der Waals surface area contributed by atoms with Gasteiger partial charge in [-0.25, -0.2) is 4.98 Å². The van der Waals surface area contributed by atoms with Gasteiger partial charge < -0.3 is 20.1 Å². The van der Waals surface area contributed by atoms with E-state index in [-0.39, 0.29) is 30.4 Å². The number of nitrogens with zero attached hydrogens (tertiary/aromatic N) is 2. The van der Waals surface area contributed by atoms with Crippen LogP contribution in [0.4, 0.5) is 0 Å². The van der Waals surface area contributed by atoms with E-state index in [4.69, 9.17) is 9.47 Å². The molecule has 0 aliphatic rings. The minimum atomic E-state index is -0.612. The van der Waals surface area contributed by atoms with Crippen molar-refractivity contribution >= 4 is 17.8 Å². The van der Waals surface area contributed by atoms with Gasteiger partial charge in [-0.1, -0.05) is 97.9 Å². The molecule has 1 heterocycles. The first-order valence-corrected chi connectivity index (χ1v) is 12.8. The van der Waals surface area contributed by atoms with E-state index in [9.17, 15) is 14.4 Å². The average molecular weight is 539 g/mol. The Morgan fingerprint density at radius 3 is 1.98 bits per heavy atom. The van der Waals surface area contributed by atoms with Crippen LogP contribution in [0.15, 0.2) is 97.2 Å². The predicted octanol–water partition coefficient (Wildman–Crippen LogP) is 4.11. The van der Waals surface area contributed by atoms with Crippen LogP contribution in [0.1, 0.15) is 50.6 Å². The Bertz CT molecular complexity index is 1390. The van der Waals surface area contributed by atoms with Crippen molar-refractivity contribution in [2.24, 2.45) is 5.92 Å². The molecule has 0 bridgehead atoms. The molecule has 204 valence electrons. The van der Waals surface area contributed by atoms with Crippen molar-refractivity contribution in [1.82, 2.24) is 20.6 Å². The molecule has 0 fully saturated rings. The van der Waals surface area contributed by atoms with Gasteiger partial charge in [0, 0.05) is 12.7 Å². The summed E-state index contributed by atoms with van der Waals surface area (Å²) in [6.45, 7) is 1.79. The van der Waals surface area contributed by atoms with Crippen LogP contribution in [-0.4, -0.2) is 41.4 Å². The third-order valence-corrected chi connectivity index (χ3v) is 6.13. The van der Waals surface area contributed by atoms with Gasteiger partial charge in [0.05, 0.1) is 19.1 Å². The van der Waals surface area contributed by atoms with E-state index >= 15 is 0 Å². The van der Waals surface area contributed by atoms with Gasteiger partial charge in [-0.3, -0.25) is 14.4 Å². The summed E-state index contributed by atoms with van der Waals surface area (Å²) in [5.74, 6) is -2.32. The summed E-state index contributed by atoms with van der Waals surface area (Å²) >= 11 is 0. The van der Waals surface area contributed by atoms with Crippen molar-refractivity contribution in [3.05, 3.63) is 125 Å². The molecule has 0 aliphatic heterocycles. The smallest absolute Gasteiger partial charge is 0.310 e. The third kappa shape index (κ3) is 7.28. The Morgan fingerprint density at radius 2 is 1.40 bits per heavy atom. The Hall–Kier alpha value is -5.05. The molecule has 1 unspecified atom stereocenters. The molecule has 9 heteroatoms. The second-order valence-electron chi connectivity index (χ2n) is 9.05. The standard InChI is InChI=1S/C31H30N4O5/c1-21(31(38)39-2)18-33-29(37)27-32-19-25(30(35-27)40-20-22-12-6-3-7-13-22)28(36)34-26(23-14-8-4-9-15-23)24-16-10-5-11-17-24/h3-17,19,21,26H,18,20H2,1-2H3,(H,33,37)(H,34,36). The Balaban J connectivity index is 1.61. The highest BCUT2D eigenvalue weighted by Gasteiger charge is 2.24. The quantitative estimate of drug-likeness (QED) is 0.276. The summed E-state index contributed by atoms with van der Waals surface area (Å²) in [4.78, 5) is 46.5. The van der Waals surface area contributed by atoms with E-state index in [1.807, 2.05) is 91.0 Å². The fraction of sp³-hybridized carbons (Fsp3) is 0.194. The number of hydrogen-bond acceptors (Lipinski definition) is 7. The Morgan fingerprint density at radius 1 is 0.825 bits per heavy atom. The van der Waals surface area contributed by atoms with E-state index < -0.39 is 29.7 Å². The zero-order chi connectivity index (χ0) is 28.3. The van der Waals surface area contributed by atoms with Crippen LogP contribution >= 0.6 is 0 Å². The van der Waals surface area contributed by atoms with E-state index in [2.05, 4.69) is 20.6 Å². The van der Waals surface area contributed by atoms with Crippen LogP contribution in [0.25, 0.3) is 0 Å². The fourth-order valence-electron chi connectivity index (χ4n) is 3.94. The summed E-state index contributed by atoms with van der Waals surface area (Å²) < 4.78 is 10.6. The summed E-state index contributed by atoms with van der Waals surface area (Å²) in [5, 5.41) is 5.68. The number of aromatic nitrogens is 2. The number of amides is 2. The van der Waals surface area contributed by atoms with Gasteiger partial charge in [-0.2, -0.15) is 4.98 Å². The molecule has 0 saturated carbocycles. The normalized spacial score (nSPS) is 11.4.